The standard InChI is InChI=1S/C20H27N5O7S/c1-30-16-5-4-15(12-17(16)31-2)33(28,29)25-10-11-32-18(25)13-23-20(27)19(26)22-6-3-8-24-9-7-21-14-24/h4-5,7,9,12,14,18H,3,6,8,10-11,13H2,1-2H3,(H,22,26)(H,23,27)/t18-/m0/s1. The number of nitrogens with zero attached hydrogens (tertiary/aromatic N) is 3. The lowest BCUT2D eigenvalue weighted by atomic mass is 10.3. The summed E-state index contributed by atoms with van der Waals surface area (Å²) in [7, 11) is -1.07. The average Bonchev–Trinajstić information content (AvgIpc) is 3.52. The van der Waals surface area contributed by atoms with Crippen molar-refractivity contribution in [3.8, 4) is 11.5 Å². The molecule has 13 heteroatoms. The minimum absolute atomic E-state index is 0.00221. The average molecular weight is 482 g/mol. The zero-order valence-electron chi connectivity index (χ0n) is 18.4. The van der Waals surface area contributed by atoms with Gasteiger partial charge in [0.1, 0.15) is 6.23 Å². The molecular formula is C20H27N5O7S. The number of nitrogens with one attached hydrogen (secondary N) is 2. The number of hydrogen-bond donors (Lipinski definition) is 2. The molecule has 1 aromatic heterocycles. The summed E-state index contributed by atoms with van der Waals surface area (Å²) in [5.41, 5.74) is 0. The Labute approximate surface area is 191 Å². The Morgan fingerprint density at radius 3 is 2.64 bits per heavy atom. The van der Waals surface area contributed by atoms with Crippen LogP contribution in [0.3, 0.4) is 0 Å². The van der Waals surface area contributed by atoms with Gasteiger partial charge in [0.05, 0.1) is 38.6 Å². The van der Waals surface area contributed by atoms with Gasteiger partial charge in [0.2, 0.25) is 10.0 Å². The highest BCUT2D eigenvalue weighted by atomic mass is 32.2. The van der Waals surface area contributed by atoms with Crippen LogP contribution < -0.4 is 20.1 Å². The third kappa shape index (κ3) is 6.00. The van der Waals surface area contributed by atoms with E-state index in [0.717, 1.165) is 4.31 Å². The number of carbonyl (C=O) groups is 2. The van der Waals surface area contributed by atoms with E-state index in [1.807, 2.05) is 4.57 Å². The monoisotopic (exact) mass is 481 g/mol. The summed E-state index contributed by atoms with van der Waals surface area (Å²) in [4.78, 5) is 28.0. The lowest BCUT2D eigenvalue weighted by molar-refractivity contribution is -0.139. The van der Waals surface area contributed by atoms with Gasteiger partial charge in [-0.05, 0) is 18.6 Å². The van der Waals surface area contributed by atoms with Crippen LogP contribution in [0.15, 0.2) is 41.8 Å². The molecule has 12 nitrogen and oxygen atoms in total. The van der Waals surface area contributed by atoms with Crippen LogP contribution in [-0.4, -0.2) is 80.8 Å². The Bertz CT molecular complexity index is 1060. The third-order valence-corrected chi connectivity index (χ3v) is 6.87. The van der Waals surface area contributed by atoms with E-state index in [0.29, 0.717) is 25.3 Å². The number of hydrogen-bond acceptors (Lipinski definition) is 8. The summed E-state index contributed by atoms with van der Waals surface area (Å²) in [6.45, 7) is 1.06. The van der Waals surface area contributed by atoms with E-state index in [9.17, 15) is 18.0 Å². The highest BCUT2D eigenvalue weighted by Gasteiger charge is 2.37. The molecule has 33 heavy (non-hydrogen) atoms. The van der Waals surface area contributed by atoms with E-state index in [-0.39, 0.29) is 30.3 Å². The largest absolute Gasteiger partial charge is 0.493 e. The molecule has 2 heterocycles. The molecule has 0 unspecified atom stereocenters. The lowest BCUT2D eigenvalue weighted by Crippen LogP contribution is -2.47. The van der Waals surface area contributed by atoms with Gasteiger partial charge < -0.3 is 29.4 Å². The Kier molecular flexibility index (Phi) is 8.25. The predicted octanol–water partition coefficient (Wildman–Crippen LogP) is -0.430. The summed E-state index contributed by atoms with van der Waals surface area (Å²) < 4.78 is 45.0. The maximum atomic E-state index is 13.1. The van der Waals surface area contributed by atoms with Crippen molar-refractivity contribution in [1.29, 1.82) is 0 Å². The number of rotatable bonds is 10. The number of imidazole rings is 1. The van der Waals surface area contributed by atoms with Crippen molar-refractivity contribution in [3.63, 3.8) is 0 Å². The van der Waals surface area contributed by atoms with Gasteiger partial charge in [-0.3, -0.25) is 9.59 Å². The molecule has 1 aliphatic rings. The molecule has 0 spiro atoms. The fourth-order valence-electron chi connectivity index (χ4n) is 3.28. The molecule has 180 valence electrons. The quantitative estimate of drug-likeness (QED) is 0.344. The summed E-state index contributed by atoms with van der Waals surface area (Å²) >= 11 is 0. The number of aryl methyl sites for hydroxylation is 1. The zero-order valence-corrected chi connectivity index (χ0v) is 19.2. The van der Waals surface area contributed by atoms with E-state index < -0.39 is 28.1 Å². The van der Waals surface area contributed by atoms with Gasteiger partial charge in [0.15, 0.2) is 11.5 Å². The van der Waals surface area contributed by atoms with E-state index in [1.54, 1.807) is 18.7 Å². The number of carbonyl (C=O) groups excluding carboxylic acids is 2. The molecule has 1 atom stereocenters. The minimum atomic E-state index is -3.94. The molecule has 0 radical (unpaired) electrons. The second-order valence-electron chi connectivity index (χ2n) is 7.08. The summed E-state index contributed by atoms with van der Waals surface area (Å²) in [6, 6.07) is 4.26. The second-order valence-corrected chi connectivity index (χ2v) is 8.97. The highest BCUT2D eigenvalue weighted by molar-refractivity contribution is 7.89. The van der Waals surface area contributed by atoms with Crippen molar-refractivity contribution in [2.24, 2.45) is 0 Å². The van der Waals surface area contributed by atoms with Gasteiger partial charge in [-0.25, -0.2) is 13.4 Å². The van der Waals surface area contributed by atoms with Crippen LogP contribution in [-0.2, 0) is 30.9 Å². The molecule has 0 bridgehead atoms. The Balaban J connectivity index is 1.53. The summed E-state index contributed by atoms with van der Waals surface area (Å²) in [6.07, 6.45) is 4.81. The molecule has 2 amide bonds. The van der Waals surface area contributed by atoms with Crippen LogP contribution >= 0.6 is 0 Å². The smallest absolute Gasteiger partial charge is 0.309 e. The molecular weight excluding hydrogens is 454 g/mol. The lowest BCUT2D eigenvalue weighted by Gasteiger charge is -2.23. The van der Waals surface area contributed by atoms with Crippen LogP contribution in [0.4, 0.5) is 0 Å². The molecule has 1 aliphatic heterocycles. The Morgan fingerprint density at radius 2 is 1.94 bits per heavy atom. The zero-order chi connectivity index (χ0) is 23.8. The van der Waals surface area contributed by atoms with Crippen LogP contribution in [0.5, 0.6) is 11.5 Å². The van der Waals surface area contributed by atoms with Crippen LogP contribution in [0.1, 0.15) is 6.42 Å². The van der Waals surface area contributed by atoms with Gasteiger partial charge in [-0.15, -0.1) is 0 Å². The molecule has 1 fully saturated rings. The molecule has 3 rings (SSSR count). The van der Waals surface area contributed by atoms with Crippen molar-refractivity contribution >= 4 is 21.8 Å². The van der Waals surface area contributed by atoms with E-state index in [4.69, 9.17) is 14.2 Å². The molecule has 2 N–H and O–H groups in total. The third-order valence-electron chi connectivity index (χ3n) is 4.99. The Morgan fingerprint density at radius 1 is 1.18 bits per heavy atom. The van der Waals surface area contributed by atoms with Crippen molar-refractivity contribution in [2.45, 2.75) is 24.1 Å². The van der Waals surface area contributed by atoms with Gasteiger partial charge in [-0.1, -0.05) is 0 Å². The van der Waals surface area contributed by atoms with Crippen molar-refractivity contribution in [1.82, 2.24) is 24.5 Å². The minimum Gasteiger partial charge on any atom is -0.493 e. The molecule has 1 saturated heterocycles. The Hall–Kier alpha value is -3.16. The maximum Gasteiger partial charge on any atom is 0.309 e. The van der Waals surface area contributed by atoms with Gasteiger partial charge in [0, 0.05) is 38.1 Å². The number of aromatic nitrogens is 2. The van der Waals surface area contributed by atoms with Crippen LogP contribution in [0.2, 0.25) is 0 Å². The molecule has 0 aliphatic carbocycles. The van der Waals surface area contributed by atoms with Gasteiger partial charge in [-0.2, -0.15) is 4.31 Å². The maximum absolute atomic E-state index is 13.1. The first-order valence-electron chi connectivity index (χ1n) is 10.2. The summed E-state index contributed by atoms with van der Waals surface area (Å²) in [5, 5.41) is 4.96. The molecule has 1 aromatic carbocycles. The van der Waals surface area contributed by atoms with Crippen molar-refractivity contribution < 1.29 is 32.2 Å². The normalized spacial score (nSPS) is 16.4. The molecule has 0 saturated carbocycles. The first-order valence-corrected chi connectivity index (χ1v) is 11.7. The second kappa shape index (κ2) is 11.1. The van der Waals surface area contributed by atoms with Crippen LogP contribution in [0, 0.1) is 0 Å². The predicted molar refractivity (Wildman–Crippen MR) is 116 cm³/mol. The van der Waals surface area contributed by atoms with Gasteiger partial charge in [0.25, 0.3) is 0 Å². The highest BCUT2D eigenvalue weighted by Crippen LogP contribution is 2.31. The summed E-state index contributed by atoms with van der Waals surface area (Å²) in [5.74, 6) is -0.994. The fourth-order valence-corrected chi connectivity index (χ4v) is 4.80. The first kappa shape index (κ1) is 24.5. The van der Waals surface area contributed by atoms with E-state index in [1.165, 1.54) is 32.4 Å². The van der Waals surface area contributed by atoms with Crippen molar-refractivity contribution in [3.05, 3.63) is 36.9 Å². The van der Waals surface area contributed by atoms with E-state index in [2.05, 4.69) is 15.6 Å². The number of methoxy groups -OCH3 is 2. The fraction of sp³-hybridized carbons (Fsp3) is 0.450. The van der Waals surface area contributed by atoms with E-state index >= 15 is 0 Å². The first-order chi connectivity index (χ1) is 15.9. The number of benzene rings is 1. The van der Waals surface area contributed by atoms with Crippen LogP contribution in [0.25, 0.3) is 0 Å². The molecule has 2 aromatic rings. The van der Waals surface area contributed by atoms with Gasteiger partial charge >= 0.3 is 11.8 Å². The number of ether oxygens (including phenoxy) is 3. The SMILES string of the molecule is COc1ccc(S(=O)(=O)N2CCO[C@H]2CNC(=O)C(=O)NCCCn2ccnc2)cc1OC. The topological polar surface area (TPSA) is 141 Å². The van der Waals surface area contributed by atoms with Crippen molar-refractivity contribution in [2.75, 3.05) is 40.5 Å². The number of amides is 2. The number of sulfonamides is 1.